The van der Waals surface area contributed by atoms with Gasteiger partial charge in [0.05, 0.1) is 0 Å². The molecule has 0 aromatic rings. The number of likely N-dealkylation sites (N-methyl/N-ethyl adjacent to an activating group) is 1. The molecule has 0 bridgehead atoms. The molecule has 0 atom stereocenters. The van der Waals surface area contributed by atoms with Crippen LogP contribution in [0.5, 0.6) is 0 Å². The summed E-state index contributed by atoms with van der Waals surface area (Å²) < 4.78 is 0. The summed E-state index contributed by atoms with van der Waals surface area (Å²) in [6.07, 6.45) is 4.04. The summed E-state index contributed by atoms with van der Waals surface area (Å²) in [5.41, 5.74) is 1.32. The summed E-state index contributed by atoms with van der Waals surface area (Å²) in [5.74, 6) is 2.41. The minimum Gasteiger partial charge on any atom is -0.313 e. The van der Waals surface area contributed by atoms with E-state index in [4.69, 9.17) is 0 Å². The first-order valence-electron chi connectivity index (χ1n) is 5.26. The highest BCUT2D eigenvalue weighted by molar-refractivity contribution is 7.99. The van der Waals surface area contributed by atoms with Crippen molar-refractivity contribution in [1.82, 2.24) is 5.32 Å². The molecular formula is C11H23NS. The lowest BCUT2D eigenvalue weighted by molar-refractivity contribution is 0.774. The van der Waals surface area contributed by atoms with E-state index in [0.29, 0.717) is 0 Å². The molecule has 0 spiro atoms. The molecule has 78 valence electrons. The maximum atomic E-state index is 4.03. The summed E-state index contributed by atoms with van der Waals surface area (Å²) in [4.78, 5) is 0. The van der Waals surface area contributed by atoms with Gasteiger partial charge in [0.15, 0.2) is 0 Å². The molecule has 0 aliphatic rings. The molecule has 1 N–H and O–H groups in total. The Hall–Kier alpha value is 0.0500. The van der Waals surface area contributed by atoms with Crippen LogP contribution < -0.4 is 5.32 Å². The number of thioether (sulfide) groups is 1. The second kappa shape index (κ2) is 10.1. The molecule has 0 aliphatic carbocycles. The smallest absolute Gasteiger partial charge is 0.0170 e. The van der Waals surface area contributed by atoms with Crippen molar-refractivity contribution in [3.05, 3.63) is 12.2 Å². The Labute approximate surface area is 87.4 Å². The third kappa shape index (κ3) is 9.97. The van der Waals surface area contributed by atoms with Crippen molar-refractivity contribution in [2.45, 2.75) is 33.1 Å². The average Bonchev–Trinajstić information content (AvgIpc) is 2.14. The molecule has 0 saturated carbocycles. The van der Waals surface area contributed by atoms with Gasteiger partial charge in [0.1, 0.15) is 0 Å². The van der Waals surface area contributed by atoms with Gasteiger partial charge in [0.25, 0.3) is 0 Å². The van der Waals surface area contributed by atoms with Gasteiger partial charge in [-0.2, -0.15) is 11.8 Å². The molecule has 2 heteroatoms. The summed E-state index contributed by atoms with van der Waals surface area (Å²) in [7, 11) is 0. The monoisotopic (exact) mass is 201 g/mol. The van der Waals surface area contributed by atoms with Gasteiger partial charge in [-0.3, -0.25) is 0 Å². The highest BCUT2D eigenvalue weighted by Crippen LogP contribution is 2.09. The first kappa shape index (κ1) is 13.1. The van der Waals surface area contributed by atoms with Gasteiger partial charge in [0.2, 0.25) is 0 Å². The van der Waals surface area contributed by atoms with Crippen LogP contribution in [0.15, 0.2) is 12.2 Å². The van der Waals surface area contributed by atoms with E-state index in [1.165, 1.54) is 30.6 Å². The van der Waals surface area contributed by atoms with E-state index in [9.17, 15) is 0 Å². The molecule has 0 amide bonds. The maximum absolute atomic E-state index is 4.03. The third-order valence-electron chi connectivity index (χ3n) is 1.82. The molecule has 0 aliphatic heterocycles. The van der Waals surface area contributed by atoms with Gasteiger partial charge in [-0.1, -0.05) is 38.8 Å². The predicted molar refractivity (Wildman–Crippen MR) is 64.5 cm³/mol. The molecule has 0 aromatic heterocycles. The fourth-order valence-electron chi connectivity index (χ4n) is 1.02. The van der Waals surface area contributed by atoms with Crippen LogP contribution in [0.4, 0.5) is 0 Å². The second-order valence-corrected chi connectivity index (χ2v) is 4.40. The largest absolute Gasteiger partial charge is 0.313 e. The summed E-state index contributed by atoms with van der Waals surface area (Å²) >= 11 is 2.01. The van der Waals surface area contributed by atoms with Gasteiger partial charge in [-0.15, -0.1) is 0 Å². The molecule has 0 aromatic carbocycles. The van der Waals surface area contributed by atoms with Crippen LogP contribution in [0.3, 0.4) is 0 Å². The number of hydrogen-bond acceptors (Lipinski definition) is 2. The van der Waals surface area contributed by atoms with Crippen LogP contribution in [0, 0.1) is 0 Å². The maximum Gasteiger partial charge on any atom is 0.0170 e. The van der Waals surface area contributed by atoms with Gasteiger partial charge in [-0.25, -0.2) is 0 Å². The van der Waals surface area contributed by atoms with Crippen LogP contribution in [-0.2, 0) is 0 Å². The van der Waals surface area contributed by atoms with Crippen LogP contribution in [0.2, 0.25) is 0 Å². The molecule has 0 rings (SSSR count). The Morgan fingerprint density at radius 1 is 1.31 bits per heavy atom. The highest BCUT2D eigenvalue weighted by Gasteiger charge is 1.93. The fourth-order valence-corrected chi connectivity index (χ4v) is 1.97. The van der Waals surface area contributed by atoms with Crippen LogP contribution in [-0.4, -0.2) is 24.6 Å². The molecular weight excluding hydrogens is 178 g/mol. The molecule has 13 heavy (non-hydrogen) atoms. The zero-order valence-corrected chi connectivity index (χ0v) is 9.88. The molecule has 0 unspecified atom stereocenters. The van der Waals surface area contributed by atoms with Crippen LogP contribution in [0.25, 0.3) is 0 Å². The molecule has 0 fully saturated rings. The van der Waals surface area contributed by atoms with Crippen molar-refractivity contribution in [2.75, 3.05) is 24.6 Å². The molecule has 0 radical (unpaired) electrons. The highest BCUT2D eigenvalue weighted by atomic mass is 32.2. The fraction of sp³-hybridized carbons (Fsp3) is 0.818. The Balaban J connectivity index is 3.08. The lowest BCUT2D eigenvalue weighted by Gasteiger charge is -2.05. The normalized spacial score (nSPS) is 10.3. The van der Waals surface area contributed by atoms with Crippen molar-refractivity contribution in [1.29, 1.82) is 0 Å². The Bertz CT molecular complexity index is 123. The van der Waals surface area contributed by atoms with E-state index in [1.54, 1.807) is 0 Å². The standard InChI is InChI=1S/C11H23NS/c1-4-6-7-8-13-10-11(3)9-12-5-2/h12H,3-10H2,1-2H3. The van der Waals surface area contributed by atoms with Crippen LogP contribution >= 0.6 is 11.8 Å². The Morgan fingerprint density at radius 3 is 2.69 bits per heavy atom. The minimum atomic E-state index is 0.983. The first-order valence-corrected chi connectivity index (χ1v) is 6.41. The SMILES string of the molecule is C=C(CNCC)CSCCCCC. The van der Waals surface area contributed by atoms with E-state index in [2.05, 4.69) is 25.7 Å². The molecule has 0 saturated heterocycles. The third-order valence-corrected chi connectivity index (χ3v) is 3.01. The van der Waals surface area contributed by atoms with Crippen molar-refractivity contribution in [2.24, 2.45) is 0 Å². The topological polar surface area (TPSA) is 12.0 Å². The van der Waals surface area contributed by atoms with Crippen LogP contribution in [0.1, 0.15) is 33.1 Å². The second-order valence-electron chi connectivity index (χ2n) is 3.29. The Morgan fingerprint density at radius 2 is 2.08 bits per heavy atom. The quantitative estimate of drug-likeness (QED) is 0.454. The van der Waals surface area contributed by atoms with Crippen molar-refractivity contribution < 1.29 is 0 Å². The number of unbranched alkanes of at least 4 members (excludes halogenated alkanes) is 2. The number of rotatable bonds is 9. The van der Waals surface area contributed by atoms with E-state index in [-0.39, 0.29) is 0 Å². The molecule has 0 heterocycles. The number of nitrogens with one attached hydrogen (secondary N) is 1. The lowest BCUT2D eigenvalue weighted by Crippen LogP contribution is -2.16. The zero-order chi connectivity index (χ0) is 9.94. The minimum absolute atomic E-state index is 0.983. The zero-order valence-electron chi connectivity index (χ0n) is 9.07. The molecule has 1 nitrogen and oxygen atoms in total. The van der Waals surface area contributed by atoms with E-state index in [0.717, 1.165) is 18.8 Å². The van der Waals surface area contributed by atoms with Gasteiger partial charge in [0, 0.05) is 12.3 Å². The van der Waals surface area contributed by atoms with E-state index >= 15 is 0 Å². The van der Waals surface area contributed by atoms with Gasteiger partial charge < -0.3 is 5.32 Å². The van der Waals surface area contributed by atoms with E-state index < -0.39 is 0 Å². The van der Waals surface area contributed by atoms with Crippen molar-refractivity contribution in [3.8, 4) is 0 Å². The van der Waals surface area contributed by atoms with Gasteiger partial charge >= 0.3 is 0 Å². The summed E-state index contributed by atoms with van der Waals surface area (Å²) in [5, 5.41) is 3.29. The van der Waals surface area contributed by atoms with Gasteiger partial charge in [-0.05, 0) is 18.7 Å². The summed E-state index contributed by atoms with van der Waals surface area (Å²) in [6.45, 7) is 10.4. The Kier molecular flexibility index (Phi) is 10.2. The first-order chi connectivity index (χ1) is 6.31. The predicted octanol–water partition coefficient (Wildman–Crippen LogP) is 3.08. The lowest BCUT2D eigenvalue weighted by atomic mass is 10.3. The summed E-state index contributed by atoms with van der Waals surface area (Å²) in [6, 6.07) is 0. The van der Waals surface area contributed by atoms with Crippen molar-refractivity contribution >= 4 is 11.8 Å². The van der Waals surface area contributed by atoms with Crippen molar-refractivity contribution in [3.63, 3.8) is 0 Å². The van der Waals surface area contributed by atoms with E-state index in [1.807, 2.05) is 11.8 Å². The average molecular weight is 201 g/mol. The number of hydrogen-bond donors (Lipinski definition) is 1.